The minimum atomic E-state index is 0.226. The highest BCUT2D eigenvalue weighted by Crippen LogP contribution is 2.29. The highest BCUT2D eigenvalue weighted by Gasteiger charge is 2.27. The number of fused-ring (bicyclic) bond motifs is 1. The lowest BCUT2D eigenvalue weighted by molar-refractivity contribution is -0.131. The summed E-state index contributed by atoms with van der Waals surface area (Å²) in [6, 6.07) is 0. The number of anilines is 1. The van der Waals surface area contributed by atoms with Crippen LogP contribution in [0.1, 0.15) is 50.2 Å². The van der Waals surface area contributed by atoms with Gasteiger partial charge in [-0.15, -0.1) is 0 Å². The Morgan fingerprint density at radius 1 is 1.23 bits per heavy atom. The van der Waals surface area contributed by atoms with Crippen LogP contribution in [0.3, 0.4) is 0 Å². The van der Waals surface area contributed by atoms with Gasteiger partial charge in [0, 0.05) is 38.0 Å². The summed E-state index contributed by atoms with van der Waals surface area (Å²) in [7, 11) is 0. The third-order valence-electron chi connectivity index (χ3n) is 4.89. The molecule has 0 unspecified atom stereocenters. The predicted octanol–water partition coefficient (Wildman–Crippen LogP) is 2.32. The number of carbonyl (C=O) groups is 1. The van der Waals surface area contributed by atoms with E-state index in [9.17, 15) is 4.79 Å². The molecular formula is C17H26N4O. The molecule has 2 aliphatic heterocycles. The molecule has 1 amide bonds. The van der Waals surface area contributed by atoms with Crippen molar-refractivity contribution in [3.63, 3.8) is 0 Å². The molecule has 3 heterocycles. The summed E-state index contributed by atoms with van der Waals surface area (Å²) >= 11 is 0. The third kappa shape index (κ3) is 2.94. The molecule has 5 heteroatoms. The quantitative estimate of drug-likeness (QED) is 0.841. The standard InChI is InChI=1S/C17H26N4O/c1-4-16(22)21-10-7-15-14(11-21)17(19-13(3)18-15)20-8-5-12(2)6-9-20/h12H,4-11H2,1-3H3. The van der Waals surface area contributed by atoms with Crippen LogP contribution in [0.25, 0.3) is 0 Å². The zero-order valence-electron chi connectivity index (χ0n) is 13.9. The van der Waals surface area contributed by atoms with Gasteiger partial charge in [0.2, 0.25) is 5.91 Å². The van der Waals surface area contributed by atoms with Crippen LogP contribution in [0.5, 0.6) is 0 Å². The van der Waals surface area contributed by atoms with E-state index < -0.39 is 0 Å². The molecule has 1 aromatic rings. The maximum Gasteiger partial charge on any atom is 0.222 e. The average molecular weight is 302 g/mol. The summed E-state index contributed by atoms with van der Waals surface area (Å²) in [5.74, 6) is 2.95. The highest BCUT2D eigenvalue weighted by molar-refractivity contribution is 5.76. The zero-order valence-corrected chi connectivity index (χ0v) is 13.9. The Morgan fingerprint density at radius 2 is 1.95 bits per heavy atom. The SMILES string of the molecule is CCC(=O)N1CCc2nc(C)nc(N3CCC(C)CC3)c2C1. The van der Waals surface area contributed by atoms with E-state index in [1.807, 2.05) is 18.7 Å². The van der Waals surface area contributed by atoms with Gasteiger partial charge >= 0.3 is 0 Å². The van der Waals surface area contributed by atoms with Crippen molar-refractivity contribution in [3.05, 3.63) is 17.1 Å². The number of nitrogens with zero attached hydrogens (tertiary/aromatic N) is 4. The highest BCUT2D eigenvalue weighted by atomic mass is 16.2. The van der Waals surface area contributed by atoms with Crippen LogP contribution < -0.4 is 4.90 Å². The number of aryl methyl sites for hydroxylation is 1. The van der Waals surface area contributed by atoms with Crippen molar-refractivity contribution in [3.8, 4) is 0 Å². The molecule has 0 atom stereocenters. The van der Waals surface area contributed by atoms with Gasteiger partial charge in [-0.1, -0.05) is 13.8 Å². The maximum atomic E-state index is 12.0. The number of piperidine rings is 1. The van der Waals surface area contributed by atoms with Crippen LogP contribution in [-0.2, 0) is 17.8 Å². The fourth-order valence-corrected chi connectivity index (χ4v) is 3.44. The number of hydrogen-bond acceptors (Lipinski definition) is 4. The number of carbonyl (C=O) groups excluding carboxylic acids is 1. The van der Waals surface area contributed by atoms with Crippen molar-refractivity contribution >= 4 is 11.7 Å². The van der Waals surface area contributed by atoms with E-state index in [0.717, 1.165) is 49.3 Å². The lowest BCUT2D eigenvalue weighted by Crippen LogP contribution is -2.39. The topological polar surface area (TPSA) is 49.3 Å². The van der Waals surface area contributed by atoms with Crippen molar-refractivity contribution < 1.29 is 4.79 Å². The van der Waals surface area contributed by atoms with E-state index in [4.69, 9.17) is 4.98 Å². The van der Waals surface area contributed by atoms with Gasteiger partial charge in [-0.05, 0) is 25.7 Å². The van der Waals surface area contributed by atoms with Crippen LogP contribution in [0.15, 0.2) is 0 Å². The number of hydrogen-bond donors (Lipinski definition) is 0. The molecule has 0 spiro atoms. The molecule has 22 heavy (non-hydrogen) atoms. The summed E-state index contributed by atoms with van der Waals surface area (Å²) in [4.78, 5) is 25.8. The summed E-state index contributed by atoms with van der Waals surface area (Å²) < 4.78 is 0. The van der Waals surface area contributed by atoms with Crippen LogP contribution in [0, 0.1) is 12.8 Å². The molecular weight excluding hydrogens is 276 g/mol. The second kappa shape index (κ2) is 6.23. The van der Waals surface area contributed by atoms with E-state index in [-0.39, 0.29) is 5.91 Å². The van der Waals surface area contributed by atoms with Crippen molar-refractivity contribution in [2.45, 2.75) is 53.0 Å². The van der Waals surface area contributed by atoms with Crippen LogP contribution >= 0.6 is 0 Å². The first-order chi connectivity index (χ1) is 10.6. The largest absolute Gasteiger partial charge is 0.356 e. The molecule has 2 aliphatic rings. The van der Waals surface area contributed by atoms with Gasteiger partial charge in [-0.2, -0.15) is 0 Å². The molecule has 1 saturated heterocycles. The fraction of sp³-hybridized carbons (Fsp3) is 0.706. The Kier molecular flexibility index (Phi) is 4.32. The normalized spacial score (nSPS) is 19.2. The molecule has 0 radical (unpaired) electrons. The molecule has 0 N–H and O–H groups in total. The second-order valence-corrected chi connectivity index (χ2v) is 6.61. The lowest BCUT2D eigenvalue weighted by Gasteiger charge is -2.36. The Hall–Kier alpha value is -1.65. The molecule has 1 aromatic heterocycles. The Morgan fingerprint density at radius 3 is 2.64 bits per heavy atom. The van der Waals surface area contributed by atoms with Gasteiger partial charge in [0.25, 0.3) is 0 Å². The molecule has 5 nitrogen and oxygen atoms in total. The Bertz CT molecular complexity index is 564. The first-order valence-corrected chi connectivity index (χ1v) is 8.47. The van der Waals surface area contributed by atoms with Gasteiger partial charge in [-0.3, -0.25) is 4.79 Å². The smallest absolute Gasteiger partial charge is 0.222 e. The summed E-state index contributed by atoms with van der Waals surface area (Å²) in [5, 5.41) is 0. The molecule has 0 saturated carbocycles. The van der Waals surface area contributed by atoms with Crippen LogP contribution in [0.2, 0.25) is 0 Å². The summed E-state index contributed by atoms with van der Waals surface area (Å²) in [6.45, 7) is 9.80. The monoisotopic (exact) mass is 302 g/mol. The van der Waals surface area contributed by atoms with Gasteiger partial charge in [0.1, 0.15) is 11.6 Å². The summed E-state index contributed by atoms with van der Waals surface area (Å²) in [6.07, 6.45) is 3.85. The van der Waals surface area contributed by atoms with Gasteiger partial charge < -0.3 is 9.80 Å². The molecule has 120 valence electrons. The van der Waals surface area contributed by atoms with Gasteiger partial charge in [-0.25, -0.2) is 9.97 Å². The van der Waals surface area contributed by atoms with E-state index in [1.165, 1.54) is 18.4 Å². The van der Waals surface area contributed by atoms with Crippen molar-refractivity contribution in [1.29, 1.82) is 0 Å². The third-order valence-corrected chi connectivity index (χ3v) is 4.89. The summed E-state index contributed by atoms with van der Waals surface area (Å²) in [5.41, 5.74) is 2.31. The van der Waals surface area contributed by atoms with E-state index >= 15 is 0 Å². The van der Waals surface area contributed by atoms with Gasteiger partial charge in [0.15, 0.2) is 0 Å². The van der Waals surface area contributed by atoms with E-state index in [2.05, 4.69) is 16.8 Å². The van der Waals surface area contributed by atoms with Crippen LogP contribution in [-0.4, -0.2) is 40.4 Å². The number of rotatable bonds is 2. The number of aromatic nitrogens is 2. The Balaban J connectivity index is 1.90. The second-order valence-electron chi connectivity index (χ2n) is 6.61. The van der Waals surface area contributed by atoms with Crippen molar-refractivity contribution in [2.24, 2.45) is 5.92 Å². The van der Waals surface area contributed by atoms with Crippen LogP contribution in [0.4, 0.5) is 5.82 Å². The molecule has 0 aliphatic carbocycles. The molecule has 1 fully saturated rings. The lowest BCUT2D eigenvalue weighted by atomic mass is 9.98. The van der Waals surface area contributed by atoms with Crippen molar-refractivity contribution in [2.75, 3.05) is 24.5 Å². The van der Waals surface area contributed by atoms with Crippen molar-refractivity contribution in [1.82, 2.24) is 14.9 Å². The van der Waals surface area contributed by atoms with E-state index in [1.54, 1.807) is 0 Å². The molecule has 0 bridgehead atoms. The number of amides is 1. The first-order valence-electron chi connectivity index (χ1n) is 8.47. The first kappa shape index (κ1) is 15.3. The predicted molar refractivity (Wildman–Crippen MR) is 86.8 cm³/mol. The molecule has 3 rings (SSSR count). The van der Waals surface area contributed by atoms with E-state index in [0.29, 0.717) is 13.0 Å². The maximum absolute atomic E-state index is 12.0. The average Bonchev–Trinajstić information content (AvgIpc) is 2.53. The zero-order chi connectivity index (χ0) is 15.7. The molecule has 0 aromatic carbocycles. The minimum absolute atomic E-state index is 0.226. The van der Waals surface area contributed by atoms with Gasteiger partial charge in [0.05, 0.1) is 12.2 Å². The minimum Gasteiger partial charge on any atom is -0.356 e. The Labute approximate surface area is 132 Å². The fourth-order valence-electron chi connectivity index (χ4n) is 3.44.